The molecule has 228 valence electrons. The lowest BCUT2D eigenvalue weighted by Gasteiger charge is -2.18. The van der Waals surface area contributed by atoms with Crippen LogP contribution in [0, 0.1) is 0 Å². The van der Waals surface area contributed by atoms with Gasteiger partial charge in [0.2, 0.25) is 0 Å². The van der Waals surface area contributed by atoms with Crippen molar-refractivity contribution in [3.8, 4) is 44.5 Å². The van der Waals surface area contributed by atoms with Crippen LogP contribution in [0.25, 0.3) is 98.8 Å². The number of furan rings is 1. The van der Waals surface area contributed by atoms with Crippen molar-refractivity contribution in [3.63, 3.8) is 0 Å². The van der Waals surface area contributed by atoms with Crippen molar-refractivity contribution < 1.29 is 18.1 Å². The van der Waals surface area contributed by atoms with Gasteiger partial charge in [0.15, 0.2) is 0 Å². The number of hydrogen-bond donors (Lipinski definition) is 0. The minimum absolute atomic E-state index is 0.0966. The van der Waals surface area contributed by atoms with Crippen molar-refractivity contribution in [2.24, 2.45) is 0 Å². The fourth-order valence-electron chi connectivity index (χ4n) is 7.26. The van der Waals surface area contributed by atoms with Crippen molar-refractivity contribution in [1.82, 2.24) is 0 Å². The van der Waals surface area contributed by atoms with E-state index >= 15 is 0 Å². The first-order valence-corrected chi connectivity index (χ1v) is 16.0. The molecule has 0 fully saturated rings. The minimum Gasteiger partial charge on any atom is -0.455 e. The Bertz CT molecular complexity index is 3340. The second-order valence-electron chi connectivity index (χ2n) is 12.0. The largest absolute Gasteiger partial charge is 0.455 e. The summed E-state index contributed by atoms with van der Waals surface area (Å²) in [6, 6.07) is 35.7. The average molecular weight is 633 g/mol. The van der Waals surface area contributed by atoms with E-state index in [2.05, 4.69) is 24.3 Å². The first kappa shape index (κ1) is 19.4. The summed E-state index contributed by atoms with van der Waals surface area (Å²) in [4.78, 5) is 0. The first-order valence-electron chi connectivity index (χ1n) is 21.0. The third-order valence-corrected chi connectivity index (χ3v) is 9.36. The van der Waals surface area contributed by atoms with Crippen LogP contribution in [-0.4, -0.2) is 0 Å². The lowest BCUT2D eigenvalue weighted by Crippen LogP contribution is -1.91. The summed E-state index contributed by atoms with van der Waals surface area (Å²) < 4.78 is 93.2. The molecule has 10 aromatic rings. The summed E-state index contributed by atoms with van der Waals surface area (Å²) in [6.07, 6.45) is 0. The fourth-order valence-corrected chi connectivity index (χ4v) is 7.26. The molecule has 1 heterocycles. The zero-order valence-electron chi connectivity index (χ0n) is 36.0. The highest BCUT2D eigenvalue weighted by molar-refractivity contribution is 6.28. The SMILES string of the molecule is [2H]c1c([2H])c([2H])c(-c2ccc(-c3c4ccccc4c(-c4cccc5oc6c7c([2H])c([2H])c([2H])c([2H])c7c(-c7ccccc7)c([2H])c6c45)c4ccccc34)cc2)c([2H])c1[2H]. The fraction of sp³-hybridized carbons (Fsp3) is 0. The van der Waals surface area contributed by atoms with Crippen LogP contribution < -0.4 is 0 Å². The van der Waals surface area contributed by atoms with E-state index in [1.165, 1.54) is 0 Å². The van der Waals surface area contributed by atoms with Gasteiger partial charge in [-0.3, -0.25) is 0 Å². The maximum Gasteiger partial charge on any atom is 0.143 e. The Morgan fingerprint density at radius 2 is 0.959 bits per heavy atom. The average Bonchev–Trinajstić information content (AvgIpc) is 3.66. The van der Waals surface area contributed by atoms with Crippen molar-refractivity contribution in [1.29, 1.82) is 0 Å². The van der Waals surface area contributed by atoms with E-state index in [1.54, 1.807) is 12.1 Å². The van der Waals surface area contributed by atoms with Gasteiger partial charge in [-0.2, -0.15) is 0 Å². The molecule has 0 unspecified atom stereocenters. The van der Waals surface area contributed by atoms with E-state index in [9.17, 15) is 1.37 Å². The maximum absolute atomic E-state index is 9.85. The maximum atomic E-state index is 9.85. The predicted octanol–water partition coefficient (Wildman–Crippen LogP) is 13.7. The van der Waals surface area contributed by atoms with E-state index in [-0.39, 0.29) is 76.3 Å². The van der Waals surface area contributed by atoms with E-state index in [0.717, 1.165) is 43.8 Å². The second-order valence-corrected chi connectivity index (χ2v) is 12.0. The molecule has 0 spiro atoms. The van der Waals surface area contributed by atoms with Crippen LogP contribution in [0.1, 0.15) is 13.7 Å². The van der Waals surface area contributed by atoms with Gasteiger partial charge >= 0.3 is 0 Å². The highest BCUT2D eigenvalue weighted by Gasteiger charge is 2.22. The van der Waals surface area contributed by atoms with Gasteiger partial charge in [0.25, 0.3) is 0 Å². The van der Waals surface area contributed by atoms with E-state index in [4.69, 9.17) is 16.8 Å². The van der Waals surface area contributed by atoms with Gasteiger partial charge in [0.05, 0.1) is 13.7 Å². The molecule has 0 saturated heterocycles. The molecule has 1 nitrogen and oxygen atoms in total. The Morgan fingerprint density at radius 3 is 1.65 bits per heavy atom. The summed E-state index contributed by atoms with van der Waals surface area (Å²) in [6.45, 7) is 0. The molecule has 0 aliphatic rings. The van der Waals surface area contributed by atoms with Crippen molar-refractivity contribution >= 4 is 54.3 Å². The highest BCUT2D eigenvalue weighted by Crippen LogP contribution is 2.48. The van der Waals surface area contributed by atoms with Crippen LogP contribution in [0.15, 0.2) is 186 Å². The van der Waals surface area contributed by atoms with Gasteiger partial charge in [-0.25, -0.2) is 0 Å². The summed E-state index contributed by atoms with van der Waals surface area (Å²) in [7, 11) is 0. The van der Waals surface area contributed by atoms with E-state index < -0.39 is 6.04 Å². The summed E-state index contributed by atoms with van der Waals surface area (Å²) in [5.41, 5.74) is 5.92. The molecular formula is C48H30O. The molecule has 9 aromatic carbocycles. The zero-order valence-corrected chi connectivity index (χ0v) is 26.0. The molecule has 49 heavy (non-hydrogen) atoms. The van der Waals surface area contributed by atoms with Crippen LogP contribution in [0.4, 0.5) is 0 Å². The summed E-state index contributed by atoms with van der Waals surface area (Å²) >= 11 is 0. The molecule has 0 bridgehead atoms. The molecule has 1 aromatic heterocycles. The number of rotatable bonds is 4. The molecule has 0 radical (unpaired) electrons. The molecule has 0 atom stereocenters. The monoisotopic (exact) mass is 632 g/mol. The van der Waals surface area contributed by atoms with Crippen LogP contribution in [-0.2, 0) is 0 Å². The zero-order chi connectivity index (χ0) is 41.0. The lowest BCUT2D eigenvalue weighted by molar-refractivity contribution is 0.673. The summed E-state index contributed by atoms with van der Waals surface area (Å²) in [5, 5.41) is 5.30. The normalized spacial score (nSPS) is 14.5. The summed E-state index contributed by atoms with van der Waals surface area (Å²) in [5.74, 6) is 0. The Morgan fingerprint density at radius 1 is 0.367 bits per heavy atom. The van der Waals surface area contributed by atoms with Crippen LogP contribution in [0.3, 0.4) is 0 Å². The van der Waals surface area contributed by atoms with Crippen molar-refractivity contribution in [3.05, 3.63) is 182 Å². The van der Waals surface area contributed by atoms with Crippen LogP contribution >= 0.6 is 0 Å². The smallest absolute Gasteiger partial charge is 0.143 e. The van der Waals surface area contributed by atoms with Gasteiger partial charge in [0, 0.05) is 16.2 Å². The van der Waals surface area contributed by atoms with Crippen LogP contribution in [0.5, 0.6) is 0 Å². The molecule has 0 aliphatic heterocycles. The molecule has 0 saturated carbocycles. The number of fused-ring (bicyclic) bond motifs is 7. The Hall–Kier alpha value is -6.44. The molecular weight excluding hydrogens is 593 g/mol. The molecule has 0 N–H and O–H groups in total. The first-order chi connectivity index (χ1) is 28.5. The van der Waals surface area contributed by atoms with E-state index in [0.29, 0.717) is 33.0 Å². The van der Waals surface area contributed by atoms with Gasteiger partial charge in [0.1, 0.15) is 11.2 Å². The Balaban J connectivity index is 1.29. The Kier molecular flexibility index (Phi) is 4.39. The van der Waals surface area contributed by atoms with Crippen molar-refractivity contribution in [2.45, 2.75) is 0 Å². The van der Waals surface area contributed by atoms with E-state index in [1.807, 2.05) is 84.9 Å². The molecule has 0 aliphatic carbocycles. The topological polar surface area (TPSA) is 13.1 Å². The second kappa shape index (κ2) is 11.1. The number of benzene rings is 9. The Labute approximate surface area is 298 Å². The van der Waals surface area contributed by atoms with Gasteiger partial charge in [-0.15, -0.1) is 0 Å². The number of hydrogen-bond acceptors (Lipinski definition) is 1. The third kappa shape index (κ3) is 4.33. The van der Waals surface area contributed by atoms with Gasteiger partial charge in [-0.05, 0) is 83.5 Å². The molecule has 0 amide bonds. The van der Waals surface area contributed by atoms with Crippen LogP contribution in [0.2, 0.25) is 0 Å². The van der Waals surface area contributed by atoms with Gasteiger partial charge in [-0.1, -0.05) is 170 Å². The predicted molar refractivity (Wildman–Crippen MR) is 208 cm³/mol. The highest BCUT2D eigenvalue weighted by atomic mass is 16.3. The third-order valence-electron chi connectivity index (χ3n) is 9.36. The lowest BCUT2D eigenvalue weighted by atomic mass is 9.84. The standard InChI is InChI=1S/C48H30O/c1-3-14-31(15-4-1)32-26-28-34(29-27-32)45-36-19-8-10-21-38(36)46(39-22-11-9-20-37(39)45)41-24-13-25-44-47(41)43-30-42(33-16-5-2-6-17-33)35-18-7-12-23-40(35)48(43)49-44/h1-30H/i1D,3D,4D,7D,12D,14D,15D,18D,23D,30D. The molecule has 10 rings (SSSR count). The van der Waals surface area contributed by atoms with Crippen molar-refractivity contribution in [2.75, 3.05) is 0 Å². The molecule has 1 heteroatoms. The minimum atomic E-state index is -0.436. The quantitative estimate of drug-likeness (QED) is 0.176. The van der Waals surface area contributed by atoms with Gasteiger partial charge < -0.3 is 4.42 Å².